The average molecular weight is 530 g/mol. The van der Waals surface area contributed by atoms with Gasteiger partial charge < -0.3 is 19.7 Å². The van der Waals surface area contributed by atoms with E-state index in [0.29, 0.717) is 25.2 Å². The number of amides is 1. The van der Waals surface area contributed by atoms with Gasteiger partial charge >= 0.3 is 12.1 Å². The van der Waals surface area contributed by atoms with Crippen molar-refractivity contribution in [3.05, 3.63) is 70.9 Å². The quantitative estimate of drug-likeness (QED) is 0.438. The van der Waals surface area contributed by atoms with Crippen LogP contribution in [0.25, 0.3) is 16.8 Å². The zero-order valence-electron chi connectivity index (χ0n) is 23.2. The first kappa shape index (κ1) is 26.5. The summed E-state index contributed by atoms with van der Waals surface area (Å²) in [4.78, 5) is 26.4. The largest absolute Gasteiger partial charge is 0.465 e. The third-order valence-electron chi connectivity index (χ3n) is 7.07. The lowest BCUT2D eigenvalue weighted by atomic mass is 9.90. The topological polar surface area (TPSA) is 98.6 Å². The number of carbonyl (C=O) groups excluding carboxylic acids is 2. The monoisotopic (exact) mass is 529 g/mol. The number of aromatic nitrogens is 3. The van der Waals surface area contributed by atoms with Gasteiger partial charge in [0.15, 0.2) is 0 Å². The summed E-state index contributed by atoms with van der Waals surface area (Å²) < 4.78 is 12.4. The first-order valence-corrected chi connectivity index (χ1v) is 13.3. The van der Waals surface area contributed by atoms with E-state index >= 15 is 0 Å². The second-order valence-corrected chi connectivity index (χ2v) is 11.0. The molecule has 9 nitrogen and oxygen atoms in total. The van der Waals surface area contributed by atoms with E-state index in [1.807, 2.05) is 50.6 Å². The average Bonchev–Trinajstić information content (AvgIpc) is 3.21. The third kappa shape index (κ3) is 5.67. The molecule has 1 unspecified atom stereocenters. The van der Waals surface area contributed by atoms with E-state index in [1.54, 1.807) is 11.0 Å². The maximum absolute atomic E-state index is 12.5. The zero-order chi connectivity index (χ0) is 27.7. The number of benzene rings is 2. The molecule has 1 aromatic heterocycles. The molecule has 0 bridgehead atoms. The van der Waals surface area contributed by atoms with Crippen LogP contribution in [0.3, 0.4) is 0 Å². The van der Waals surface area contributed by atoms with Crippen LogP contribution in [-0.4, -0.2) is 57.8 Å². The number of hydrogen-bond acceptors (Lipinski definition) is 7. The van der Waals surface area contributed by atoms with Gasteiger partial charge in [0.05, 0.1) is 30.1 Å². The van der Waals surface area contributed by atoms with E-state index in [9.17, 15) is 9.59 Å². The van der Waals surface area contributed by atoms with E-state index in [0.717, 1.165) is 46.6 Å². The number of rotatable bonds is 4. The van der Waals surface area contributed by atoms with Gasteiger partial charge in [0.1, 0.15) is 5.60 Å². The van der Waals surface area contributed by atoms with Crippen molar-refractivity contribution in [3.8, 4) is 11.3 Å². The summed E-state index contributed by atoms with van der Waals surface area (Å²) in [6, 6.07) is 13.9. The van der Waals surface area contributed by atoms with Gasteiger partial charge in [0.25, 0.3) is 0 Å². The highest BCUT2D eigenvalue weighted by atomic mass is 16.6. The van der Waals surface area contributed by atoms with Gasteiger partial charge in [0.2, 0.25) is 0 Å². The van der Waals surface area contributed by atoms with Crippen molar-refractivity contribution in [2.45, 2.75) is 58.7 Å². The Kier molecular flexibility index (Phi) is 7.16. The molecule has 39 heavy (non-hydrogen) atoms. The second kappa shape index (κ2) is 10.6. The number of nitrogens with zero attached hydrogens (tertiary/aromatic N) is 4. The van der Waals surface area contributed by atoms with Gasteiger partial charge in [-0.15, -0.1) is 5.10 Å². The lowest BCUT2D eigenvalue weighted by Gasteiger charge is -2.30. The van der Waals surface area contributed by atoms with Gasteiger partial charge in [-0.2, -0.15) is 0 Å². The molecular weight excluding hydrogens is 494 g/mol. The molecule has 0 saturated carbocycles. The zero-order valence-corrected chi connectivity index (χ0v) is 23.2. The van der Waals surface area contributed by atoms with Crippen LogP contribution in [0, 0.1) is 6.92 Å². The smallest absolute Gasteiger partial charge is 0.410 e. The Morgan fingerprint density at radius 1 is 1.10 bits per heavy atom. The number of fused-ring (bicyclic) bond motifs is 3. The summed E-state index contributed by atoms with van der Waals surface area (Å²) in [5.41, 5.74) is 7.32. The minimum atomic E-state index is -0.518. The van der Waals surface area contributed by atoms with Crippen molar-refractivity contribution in [2.24, 2.45) is 0 Å². The summed E-state index contributed by atoms with van der Waals surface area (Å²) in [5, 5.41) is 12.4. The van der Waals surface area contributed by atoms with Gasteiger partial charge in [-0.05, 0) is 81.5 Å². The Bertz CT molecular complexity index is 1440. The highest BCUT2D eigenvalue weighted by Crippen LogP contribution is 2.39. The molecule has 5 rings (SSSR count). The number of anilines is 1. The second-order valence-electron chi connectivity index (χ2n) is 11.0. The Morgan fingerprint density at radius 3 is 2.64 bits per heavy atom. The normalized spacial score (nSPS) is 16.9. The van der Waals surface area contributed by atoms with Crippen molar-refractivity contribution < 1.29 is 19.1 Å². The fourth-order valence-electron chi connectivity index (χ4n) is 5.19. The van der Waals surface area contributed by atoms with E-state index in [2.05, 4.69) is 39.9 Å². The Morgan fingerprint density at radius 2 is 1.92 bits per heavy atom. The van der Waals surface area contributed by atoms with Gasteiger partial charge in [-0.3, -0.25) is 0 Å². The van der Waals surface area contributed by atoms with Crippen LogP contribution in [0.15, 0.2) is 48.5 Å². The molecule has 0 saturated heterocycles. The molecule has 0 radical (unpaired) electrons. The molecule has 2 aromatic carbocycles. The maximum Gasteiger partial charge on any atom is 0.410 e. The molecule has 1 amide bonds. The SMILES string of the molecule is COC(=O)c1cccc(NC2CCn3nnc(C)c3-c3ccc(C4=CCN(C(=O)OC(C)(C)C)CC4)cc32)c1. The van der Waals surface area contributed by atoms with Crippen LogP contribution >= 0.6 is 0 Å². The van der Waals surface area contributed by atoms with Gasteiger partial charge in [0, 0.05) is 30.9 Å². The molecule has 1 N–H and O–H groups in total. The molecule has 2 aliphatic rings. The molecule has 2 aliphatic heterocycles. The Hall–Kier alpha value is -4.14. The summed E-state index contributed by atoms with van der Waals surface area (Å²) >= 11 is 0. The highest BCUT2D eigenvalue weighted by Gasteiger charge is 2.28. The Labute approximate surface area is 228 Å². The lowest BCUT2D eigenvalue weighted by molar-refractivity contribution is 0.0270. The van der Waals surface area contributed by atoms with E-state index < -0.39 is 5.60 Å². The highest BCUT2D eigenvalue weighted by molar-refractivity contribution is 5.90. The third-order valence-corrected chi connectivity index (χ3v) is 7.07. The molecule has 0 aliphatic carbocycles. The van der Waals surface area contributed by atoms with Gasteiger partial charge in [-0.1, -0.05) is 29.5 Å². The van der Waals surface area contributed by atoms with Crippen LogP contribution in [0.1, 0.15) is 66.8 Å². The van der Waals surface area contributed by atoms with Crippen LogP contribution in [0.4, 0.5) is 10.5 Å². The van der Waals surface area contributed by atoms with Gasteiger partial charge in [-0.25, -0.2) is 14.3 Å². The summed E-state index contributed by atoms with van der Waals surface area (Å²) in [6.45, 7) is 9.46. The minimum Gasteiger partial charge on any atom is -0.465 e. The molecule has 1 atom stereocenters. The van der Waals surface area contributed by atoms with Crippen molar-refractivity contribution in [1.29, 1.82) is 0 Å². The predicted molar refractivity (Wildman–Crippen MR) is 149 cm³/mol. The van der Waals surface area contributed by atoms with Crippen molar-refractivity contribution in [2.75, 3.05) is 25.5 Å². The fraction of sp³-hybridized carbons (Fsp3) is 0.400. The van der Waals surface area contributed by atoms with Crippen molar-refractivity contribution >= 4 is 23.3 Å². The minimum absolute atomic E-state index is 0.0172. The molecule has 0 fully saturated rings. The predicted octanol–water partition coefficient (Wildman–Crippen LogP) is 5.62. The fourth-order valence-corrected chi connectivity index (χ4v) is 5.19. The number of hydrogen-bond donors (Lipinski definition) is 1. The number of carbonyl (C=O) groups is 2. The standard InChI is InChI=1S/C30H35N5O4/c1-19-27-24-10-9-21(20-11-14-34(15-12-20)29(37)39-30(2,3)4)18-25(24)26(13-16-35(27)33-32-19)31-23-8-6-7-22(17-23)28(36)38-5/h6-11,17-18,26,31H,12-16H2,1-5H3. The molecule has 3 aromatic rings. The molecule has 0 spiro atoms. The number of ether oxygens (including phenoxy) is 2. The van der Waals surface area contributed by atoms with Crippen LogP contribution in [-0.2, 0) is 16.0 Å². The van der Waals surface area contributed by atoms with Crippen molar-refractivity contribution in [1.82, 2.24) is 19.9 Å². The van der Waals surface area contributed by atoms with E-state index in [4.69, 9.17) is 9.47 Å². The summed E-state index contributed by atoms with van der Waals surface area (Å²) in [6.07, 6.45) is 3.37. The van der Waals surface area contributed by atoms with Crippen molar-refractivity contribution in [3.63, 3.8) is 0 Å². The summed E-state index contributed by atoms with van der Waals surface area (Å²) in [7, 11) is 1.38. The Balaban J connectivity index is 1.46. The number of nitrogens with one attached hydrogen (secondary N) is 1. The number of methoxy groups -OCH3 is 1. The molecule has 204 valence electrons. The lowest BCUT2D eigenvalue weighted by Crippen LogP contribution is -2.39. The number of esters is 1. The first-order chi connectivity index (χ1) is 18.6. The van der Waals surface area contributed by atoms with Crippen LogP contribution in [0.5, 0.6) is 0 Å². The van der Waals surface area contributed by atoms with Crippen LogP contribution < -0.4 is 5.32 Å². The number of aryl methyl sites for hydroxylation is 2. The molecular formula is C30H35N5O4. The maximum atomic E-state index is 12.5. The first-order valence-electron chi connectivity index (χ1n) is 13.3. The summed E-state index contributed by atoms with van der Waals surface area (Å²) in [5.74, 6) is -0.367. The van der Waals surface area contributed by atoms with E-state index in [1.165, 1.54) is 12.7 Å². The molecule has 3 heterocycles. The van der Waals surface area contributed by atoms with Crippen LogP contribution in [0.2, 0.25) is 0 Å². The van der Waals surface area contributed by atoms with E-state index in [-0.39, 0.29) is 18.1 Å². The molecule has 9 heteroatoms.